The predicted octanol–water partition coefficient (Wildman–Crippen LogP) is 5.32. The average molecular weight is 487 g/mol. The van der Waals surface area contributed by atoms with E-state index in [2.05, 4.69) is 53.2 Å². The van der Waals surface area contributed by atoms with E-state index in [4.69, 9.17) is 17.4 Å². The third kappa shape index (κ3) is 3.26. The number of rotatable bonds is 3. The summed E-state index contributed by atoms with van der Waals surface area (Å²) in [4.78, 5) is 0. The van der Waals surface area contributed by atoms with Crippen LogP contribution in [0.3, 0.4) is 0 Å². The van der Waals surface area contributed by atoms with Gasteiger partial charge in [-0.1, -0.05) is 55.6 Å². The van der Waals surface area contributed by atoms with Gasteiger partial charge < -0.3 is 0 Å². The molecule has 0 saturated heterocycles. The van der Waals surface area contributed by atoms with Crippen molar-refractivity contribution in [2.24, 2.45) is 5.84 Å². The van der Waals surface area contributed by atoms with Crippen molar-refractivity contribution in [3.05, 3.63) is 65.7 Å². The zero-order chi connectivity index (χ0) is 14.9. The van der Waals surface area contributed by atoms with Gasteiger partial charge in [0.1, 0.15) is 5.82 Å². The van der Waals surface area contributed by atoms with E-state index in [-0.39, 0.29) is 5.02 Å². The highest BCUT2D eigenvalue weighted by atomic mass is 79.9. The maximum Gasteiger partial charge on any atom is 0.148 e. The molecule has 0 amide bonds. The number of halogens is 5. The average Bonchev–Trinajstić information content (AvgIpc) is 2.41. The first-order valence-corrected chi connectivity index (χ1v) is 8.26. The highest BCUT2D eigenvalue weighted by molar-refractivity contribution is 9.11. The van der Waals surface area contributed by atoms with Crippen molar-refractivity contribution >= 4 is 59.4 Å². The minimum atomic E-state index is -0.511. The van der Waals surface area contributed by atoms with Crippen LogP contribution >= 0.6 is 59.4 Å². The Hall–Kier alpha value is 0.0200. The van der Waals surface area contributed by atoms with Gasteiger partial charge in [0.2, 0.25) is 0 Å². The van der Waals surface area contributed by atoms with Crippen LogP contribution in [0.25, 0.3) is 0 Å². The van der Waals surface area contributed by atoms with Gasteiger partial charge in [-0.15, -0.1) is 0 Å². The number of nitrogens with one attached hydrogen (secondary N) is 1. The second kappa shape index (κ2) is 6.85. The molecule has 0 aliphatic carbocycles. The lowest BCUT2D eigenvalue weighted by Gasteiger charge is -2.20. The van der Waals surface area contributed by atoms with Gasteiger partial charge in [-0.3, -0.25) is 5.84 Å². The summed E-state index contributed by atoms with van der Waals surface area (Å²) < 4.78 is 16.5. The first-order chi connectivity index (χ1) is 9.45. The third-order valence-electron chi connectivity index (χ3n) is 2.82. The molecule has 0 fully saturated rings. The highest BCUT2D eigenvalue weighted by Crippen LogP contribution is 2.35. The summed E-state index contributed by atoms with van der Waals surface area (Å²) in [7, 11) is 0. The molecule has 0 heterocycles. The lowest BCUT2D eigenvalue weighted by atomic mass is 9.99. The minimum Gasteiger partial charge on any atom is -0.271 e. The summed E-state index contributed by atoms with van der Waals surface area (Å²) in [6, 6.07) is 8.42. The number of nitrogens with two attached hydrogens (primary N) is 1. The minimum absolute atomic E-state index is 0.0379. The van der Waals surface area contributed by atoms with Crippen molar-refractivity contribution in [1.82, 2.24) is 5.43 Å². The van der Waals surface area contributed by atoms with E-state index in [1.165, 1.54) is 0 Å². The molecule has 0 radical (unpaired) electrons. The number of benzene rings is 2. The molecule has 0 aromatic heterocycles. The second-order valence-electron chi connectivity index (χ2n) is 4.03. The predicted molar refractivity (Wildman–Crippen MR) is 90.1 cm³/mol. The van der Waals surface area contributed by atoms with Crippen molar-refractivity contribution in [2.75, 3.05) is 0 Å². The van der Waals surface area contributed by atoms with Crippen LogP contribution in [0.5, 0.6) is 0 Å². The Bertz CT molecular complexity index is 652. The quantitative estimate of drug-likeness (QED) is 0.350. The zero-order valence-corrected chi connectivity index (χ0v) is 15.4. The van der Waals surface area contributed by atoms with Gasteiger partial charge in [0.05, 0.1) is 11.1 Å². The van der Waals surface area contributed by atoms with Crippen LogP contribution in [-0.2, 0) is 0 Å². The fourth-order valence-electron chi connectivity index (χ4n) is 1.85. The van der Waals surface area contributed by atoms with E-state index in [0.29, 0.717) is 10.0 Å². The first-order valence-electron chi connectivity index (χ1n) is 5.50. The standard InChI is InChI=1S/C13H9Br3ClFN2/c14-6-1-2-7(10(16)5-6)13(20-19)8-3-4-9(15)11(17)12(8)18/h1-5,13,20H,19H2. The Labute approximate surface area is 146 Å². The second-order valence-corrected chi connectivity index (χ2v) is 7.03. The van der Waals surface area contributed by atoms with Crippen molar-refractivity contribution in [3.63, 3.8) is 0 Å². The van der Waals surface area contributed by atoms with Crippen LogP contribution in [-0.4, -0.2) is 0 Å². The van der Waals surface area contributed by atoms with Crippen molar-refractivity contribution < 1.29 is 4.39 Å². The number of hydrogen-bond acceptors (Lipinski definition) is 2. The smallest absolute Gasteiger partial charge is 0.148 e. The van der Waals surface area contributed by atoms with Gasteiger partial charge in [-0.05, 0) is 39.7 Å². The lowest BCUT2D eigenvalue weighted by Crippen LogP contribution is -2.29. The van der Waals surface area contributed by atoms with Gasteiger partial charge in [0.25, 0.3) is 0 Å². The van der Waals surface area contributed by atoms with E-state index in [9.17, 15) is 4.39 Å². The molecule has 0 spiro atoms. The largest absolute Gasteiger partial charge is 0.271 e. The Morgan fingerprint density at radius 1 is 1.05 bits per heavy atom. The monoisotopic (exact) mass is 484 g/mol. The van der Waals surface area contributed by atoms with Gasteiger partial charge >= 0.3 is 0 Å². The van der Waals surface area contributed by atoms with E-state index in [0.717, 1.165) is 14.5 Å². The first kappa shape index (κ1) is 16.4. The molecule has 1 atom stereocenters. The van der Waals surface area contributed by atoms with E-state index in [1.54, 1.807) is 12.1 Å². The van der Waals surface area contributed by atoms with E-state index >= 15 is 0 Å². The third-order valence-corrected chi connectivity index (χ3v) is 5.25. The van der Waals surface area contributed by atoms with Crippen molar-refractivity contribution in [2.45, 2.75) is 6.04 Å². The highest BCUT2D eigenvalue weighted by Gasteiger charge is 2.21. The maximum absolute atomic E-state index is 14.3. The molecule has 7 heteroatoms. The molecule has 3 N–H and O–H groups in total. The number of hydrazine groups is 1. The Morgan fingerprint density at radius 2 is 1.70 bits per heavy atom. The molecule has 2 nitrogen and oxygen atoms in total. The fourth-order valence-corrected chi connectivity index (χ4v) is 3.60. The molecule has 2 aromatic carbocycles. The topological polar surface area (TPSA) is 38.0 Å². The van der Waals surface area contributed by atoms with Gasteiger partial charge in [0.15, 0.2) is 0 Å². The molecule has 0 aliphatic heterocycles. The molecule has 0 saturated carbocycles. The van der Waals surface area contributed by atoms with Crippen molar-refractivity contribution in [3.8, 4) is 0 Å². The molecule has 2 rings (SSSR count). The number of hydrogen-bond donors (Lipinski definition) is 2. The molecule has 106 valence electrons. The SMILES string of the molecule is NNC(c1ccc(Br)cc1Br)c1ccc(Br)c(Cl)c1F. The van der Waals surface area contributed by atoms with Crippen molar-refractivity contribution in [1.29, 1.82) is 0 Å². The van der Waals surface area contributed by atoms with Crippen LogP contribution in [0, 0.1) is 5.82 Å². The van der Waals surface area contributed by atoms with E-state index < -0.39 is 11.9 Å². The van der Waals surface area contributed by atoms with Crippen LogP contribution in [0.2, 0.25) is 5.02 Å². The Kier molecular flexibility index (Phi) is 5.62. The molecule has 20 heavy (non-hydrogen) atoms. The van der Waals surface area contributed by atoms with Crippen LogP contribution < -0.4 is 11.3 Å². The normalized spacial score (nSPS) is 12.5. The van der Waals surface area contributed by atoms with Gasteiger partial charge in [-0.25, -0.2) is 9.82 Å². The summed E-state index contributed by atoms with van der Waals surface area (Å²) in [5.74, 6) is 5.10. The molecule has 0 bridgehead atoms. The summed E-state index contributed by atoms with van der Waals surface area (Å²) in [6.45, 7) is 0. The van der Waals surface area contributed by atoms with E-state index in [1.807, 2.05) is 18.2 Å². The molecule has 1 unspecified atom stereocenters. The molecular weight excluding hydrogens is 478 g/mol. The zero-order valence-electron chi connectivity index (χ0n) is 9.93. The van der Waals surface area contributed by atoms with Gasteiger partial charge in [0, 0.05) is 19.0 Å². The lowest BCUT2D eigenvalue weighted by molar-refractivity contribution is 0.559. The summed E-state index contributed by atoms with van der Waals surface area (Å²) in [5, 5.41) is 0.0379. The van der Waals surface area contributed by atoms with Crippen LogP contribution in [0.1, 0.15) is 17.2 Å². The summed E-state index contributed by atoms with van der Waals surface area (Å²) in [6.07, 6.45) is 0. The maximum atomic E-state index is 14.3. The fraction of sp³-hybridized carbons (Fsp3) is 0.0769. The van der Waals surface area contributed by atoms with Crippen LogP contribution in [0.15, 0.2) is 43.7 Å². The molecule has 2 aromatic rings. The molecular formula is C13H9Br3ClFN2. The Morgan fingerprint density at radius 3 is 2.30 bits per heavy atom. The molecule has 0 aliphatic rings. The Balaban J connectivity index is 2.55. The summed E-state index contributed by atoms with van der Waals surface area (Å²) in [5.41, 5.74) is 3.81. The summed E-state index contributed by atoms with van der Waals surface area (Å²) >= 11 is 15.9. The van der Waals surface area contributed by atoms with Gasteiger partial charge in [-0.2, -0.15) is 0 Å². The van der Waals surface area contributed by atoms with Crippen LogP contribution in [0.4, 0.5) is 4.39 Å².